The van der Waals surface area contributed by atoms with E-state index in [-0.39, 0.29) is 60.9 Å². The minimum absolute atomic E-state index is 0.000247. The monoisotopic (exact) mass is 1220 g/mol. The van der Waals surface area contributed by atoms with E-state index in [2.05, 4.69) is 314 Å². The number of hydrogen-bond acceptors (Lipinski definition) is 3. The third kappa shape index (κ3) is 9.51. The zero-order valence-corrected chi connectivity index (χ0v) is 60.9. The number of nitrogens with zero attached hydrogens (tertiary/aromatic N) is 3. The SMILES string of the molecule is Cc1cc2c(cc1N1c3cc(N(c4ccc(C(C)(C)C)cc4)c4ccc(C(C)(C)C)cc4)cc4c3B(c3cc5c(cc3N4c3ccc4c(c3)C(C)(C)CCC4(C)C)C(C)(C)CCC5(C)C)c3ccc4c(c31)-c1cc(C(C)(C)C)ccc1C4(C)C)C(C)(C)CCC2(C)C. The van der Waals surface area contributed by atoms with Crippen molar-refractivity contribution in [2.24, 2.45) is 0 Å². The third-order valence-corrected chi connectivity index (χ3v) is 24.4. The summed E-state index contributed by atoms with van der Waals surface area (Å²) < 4.78 is 0. The highest BCUT2D eigenvalue weighted by Crippen LogP contribution is 2.60. The van der Waals surface area contributed by atoms with E-state index in [0.29, 0.717) is 0 Å². The van der Waals surface area contributed by atoms with E-state index < -0.39 is 0 Å². The molecular weight excluding hydrogens is 1110 g/mol. The molecule has 92 heavy (non-hydrogen) atoms. The number of benzene rings is 8. The van der Waals surface area contributed by atoms with E-state index in [1.54, 1.807) is 0 Å². The number of hydrogen-bond donors (Lipinski definition) is 0. The fraction of sp³-hybridized carbons (Fsp3) is 0.455. The van der Waals surface area contributed by atoms with Crippen LogP contribution in [0.5, 0.6) is 0 Å². The highest BCUT2D eigenvalue weighted by Gasteiger charge is 2.51. The lowest BCUT2D eigenvalue weighted by Gasteiger charge is -2.49. The standard InChI is InChI=1S/C88H106BN3/c1-53-45-65-68(86(19,20)43-41-83(65,13)14)51-72(53)92-75-49-60(90(57-30-25-54(26-31-57)79(2,3)4)58-32-27-55(28-33-58)80(5,6)7)48-74-77(75)89(70-38-37-64-76(78(70)92)61-46-56(81(8,9)10)29-35-62(61)88(64,23)24)71-50-67-69(87(21,22)44-42-85(67,17)18)52-73(71)91(74)59-34-36-63-66(47-59)84(15,16)40-39-82(63,11)12/h25-38,45-52H,39-44H2,1-24H3. The molecule has 4 heteroatoms. The molecule has 0 bridgehead atoms. The Morgan fingerprint density at radius 1 is 0.348 bits per heavy atom. The predicted octanol–water partition coefficient (Wildman–Crippen LogP) is 22.8. The second kappa shape index (κ2) is 19.9. The average Bonchev–Trinajstić information content (AvgIpc) is 1.13. The third-order valence-electron chi connectivity index (χ3n) is 24.4. The second-order valence-corrected chi connectivity index (χ2v) is 37.2. The number of aryl methyl sites for hydroxylation is 1. The van der Waals surface area contributed by atoms with Crippen LogP contribution in [-0.4, -0.2) is 6.71 Å². The summed E-state index contributed by atoms with van der Waals surface area (Å²) >= 11 is 0. The maximum atomic E-state index is 2.85. The molecule has 4 aliphatic carbocycles. The van der Waals surface area contributed by atoms with Gasteiger partial charge in [0.25, 0.3) is 6.71 Å². The molecule has 0 saturated carbocycles. The lowest BCUT2D eigenvalue weighted by atomic mass is 9.33. The van der Waals surface area contributed by atoms with E-state index in [4.69, 9.17) is 0 Å². The molecule has 476 valence electrons. The Bertz CT molecular complexity index is 4320. The molecule has 2 aliphatic heterocycles. The molecule has 0 saturated heterocycles. The van der Waals surface area contributed by atoms with Crippen molar-refractivity contribution in [2.75, 3.05) is 14.7 Å². The highest BCUT2D eigenvalue weighted by atomic mass is 15.2. The summed E-state index contributed by atoms with van der Waals surface area (Å²) in [6.07, 6.45) is 6.91. The number of anilines is 9. The summed E-state index contributed by atoms with van der Waals surface area (Å²) in [6.45, 7) is 58.6. The molecule has 3 nitrogen and oxygen atoms in total. The Morgan fingerprint density at radius 2 is 0.761 bits per heavy atom. The van der Waals surface area contributed by atoms with E-state index in [1.165, 1.54) is 141 Å². The van der Waals surface area contributed by atoms with Crippen LogP contribution in [0, 0.1) is 6.92 Å². The van der Waals surface area contributed by atoms with Crippen LogP contribution < -0.4 is 31.1 Å². The van der Waals surface area contributed by atoms with Crippen molar-refractivity contribution in [2.45, 2.75) is 259 Å². The first kappa shape index (κ1) is 62.7. The van der Waals surface area contributed by atoms with Crippen molar-refractivity contribution in [3.8, 4) is 11.1 Å². The van der Waals surface area contributed by atoms with Crippen molar-refractivity contribution in [3.05, 3.63) is 200 Å². The Labute approximate surface area is 555 Å². The van der Waals surface area contributed by atoms with Crippen LogP contribution in [0.15, 0.2) is 133 Å². The number of fused-ring (bicyclic) bond motifs is 11. The summed E-state index contributed by atoms with van der Waals surface area (Å²) in [5, 5.41) is 0. The molecule has 6 aliphatic rings. The molecule has 0 aromatic heterocycles. The fourth-order valence-electron chi connectivity index (χ4n) is 17.8. The molecule has 0 fully saturated rings. The van der Waals surface area contributed by atoms with Gasteiger partial charge in [-0.25, -0.2) is 0 Å². The zero-order chi connectivity index (χ0) is 66.1. The van der Waals surface area contributed by atoms with E-state index in [1.807, 2.05) is 0 Å². The molecule has 0 unspecified atom stereocenters. The van der Waals surface area contributed by atoms with E-state index in [0.717, 1.165) is 42.7 Å². The molecular formula is C88H106BN3. The lowest BCUT2D eigenvalue weighted by Crippen LogP contribution is -2.62. The zero-order valence-electron chi connectivity index (χ0n) is 60.9. The van der Waals surface area contributed by atoms with Gasteiger partial charge in [-0.15, -0.1) is 0 Å². The maximum absolute atomic E-state index is 2.85. The van der Waals surface area contributed by atoms with Crippen LogP contribution in [-0.2, 0) is 54.1 Å². The second-order valence-electron chi connectivity index (χ2n) is 37.2. The van der Waals surface area contributed by atoms with Gasteiger partial charge in [0, 0.05) is 56.5 Å². The Morgan fingerprint density at radius 3 is 1.26 bits per heavy atom. The first-order chi connectivity index (χ1) is 42.6. The van der Waals surface area contributed by atoms with Gasteiger partial charge >= 0.3 is 0 Å². The summed E-state index contributed by atoms with van der Waals surface area (Å²) in [5.74, 6) is 0. The molecule has 0 amide bonds. The van der Waals surface area contributed by atoms with E-state index in [9.17, 15) is 0 Å². The van der Waals surface area contributed by atoms with Gasteiger partial charge in [-0.05, 0) is 244 Å². The summed E-state index contributed by atoms with van der Waals surface area (Å²) in [7, 11) is 0. The molecule has 0 radical (unpaired) electrons. The fourth-order valence-corrected chi connectivity index (χ4v) is 17.8. The largest absolute Gasteiger partial charge is 0.311 e. The van der Waals surface area contributed by atoms with Gasteiger partial charge in [-0.3, -0.25) is 0 Å². The van der Waals surface area contributed by atoms with Crippen LogP contribution >= 0.6 is 0 Å². The predicted molar refractivity (Wildman–Crippen MR) is 399 cm³/mol. The van der Waals surface area contributed by atoms with Crippen LogP contribution in [0.3, 0.4) is 0 Å². The van der Waals surface area contributed by atoms with Crippen molar-refractivity contribution in [3.63, 3.8) is 0 Å². The Kier molecular flexibility index (Phi) is 13.6. The topological polar surface area (TPSA) is 9.72 Å². The van der Waals surface area contributed by atoms with Gasteiger partial charge < -0.3 is 14.7 Å². The average molecular weight is 1220 g/mol. The van der Waals surface area contributed by atoms with Crippen molar-refractivity contribution in [1.82, 2.24) is 0 Å². The molecule has 8 aromatic rings. The van der Waals surface area contributed by atoms with Crippen molar-refractivity contribution >= 4 is 74.3 Å². The molecule has 0 atom stereocenters. The van der Waals surface area contributed by atoms with Gasteiger partial charge in [-0.2, -0.15) is 0 Å². The van der Waals surface area contributed by atoms with Gasteiger partial charge in [0.1, 0.15) is 0 Å². The Balaban J connectivity index is 1.19. The minimum atomic E-state index is -0.244. The normalized spacial score (nSPS) is 19.6. The molecule has 2 heterocycles. The minimum Gasteiger partial charge on any atom is -0.311 e. The van der Waals surface area contributed by atoms with Gasteiger partial charge in [-0.1, -0.05) is 232 Å². The van der Waals surface area contributed by atoms with Crippen LogP contribution in [0.25, 0.3) is 11.1 Å². The quantitative estimate of drug-likeness (QED) is 0.159. The van der Waals surface area contributed by atoms with Crippen LogP contribution in [0.4, 0.5) is 51.2 Å². The van der Waals surface area contributed by atoms with Gasteiger partial charge in [0.2, 0.25) is 0 Å². The summed E-state index contributed by atoms with van der Waals surface area (Å²) in [4.78, 5) is 8.23. The smallest absolute Gasteiger partial charge is 0.252 e. The molecule has 14 rings (SSSR count). The lowest BCUT2D eigenvalue weighted by molar-refractivity contribution is 0.332. The first-order valence-corrected chi connectivity index (χ1v) is 35.2. The molecule has 8 aromatic carbocycles. The summed E-state index contributed by atoms with van der Waals surface area (Å²) in [6, 6.07) is 55.6. The molecule has 0 spiro atoms. The highest BCUT2D eigenvalue weighted by molar-refractivity contribution is 7.00. The first-order valence-electron chi connectivity index (χ1n) is 35.2. The summed E-state index contributed by atoms with van der Waals surface area (Å²) in [5.41, 5.74) is 34.9. The van der Waals surface area contributed by atoms with Crippen molar-refractivity contribution < 1.29 is 0 Å². The van der Waals surface area contributed by atoms with Crippen molar-refractivity contribution in [1.29, 1.82) is 0 Å². The molecule has 0 N–H and O–H groups in total. The number of rotatable bonds is 5. The maximum Gasteiger partial charge on any atom is 0.252 e. The van der Waals surface area contributed by atoms with Crippen LogP contribution in [0.1, 0.15) is 265 Å². The van der Waals surface area contributed by atoms with Crippen LogP contribution in [0.2, 0.25) is 0 Å². The van der Waals surface area contributed by atoms with Gasteiger partial charge in [0.15, 0.2) is 0 Å². The Hall–Kier alpha value is -6.78. The van der Waals surface area contributed by atoms with Gasteiger partial charge in [0.05, 0.1) is 5.69 Å². The van der Waals surface area contributed by atoms with E-state index >= 15 is 0 Å².